The summed E-state index contributed by atoms with van der Waals surface area (Å²) in [6.45, 7) is 1.52. The van der Waals surface area contributed by atoms with Crippen LogP contribution >= 0.6 is 31.9 Å². The van der Waals surface area contributed by atoms with E-state index in [1.165, 1.54) is 19.2 Å². The molecule has 0 saturated heterocycles. The zero-order valence-electron chi connectivity index (χ0n) is 16.8. The van der Waals surface area contributed by atoms with Crippen molar-refractivity contribution in [1.82, 2.24) is 0 Å². The number of amides is 1. The van der Waals surface area contributed by atoms with Crippen LogP contribution in [-0.4, -0.2) is 28.0 Å². The highest BCUT2D eigenvalue weighted by molar-refractivity contribution is 9.10. The molecule has 0 fully saturated rings. The van der Waals surface area contributed by atoms with Crippen LogP contribution in [-0.2, 0) is 14.8 Å². The molecule has 6 nitrogen and oxygen atoms in total. The highest BCUT2D eigenvalue weighted by atomic mass is 79.9. The number of aryl methyl sites for hydroxylation is 1. The van der Waals surface area contributed by atoms with Crippen molar-refractivity contribution in [3.63, 3.8) is 0 Å². The van der Waals surface area contributed by atoms with Gasteiger partial charge in [-0.05, 0) is 71.4 Å². The number of methoxy groups -OCH3 is 1. The number of nitrogens with zero attached hydrogens (tertiary/aromatic N) is 1. The van der Waals surface area contributed by atoms with E-state index in [1.54, 1.807) is 48.5 Å². The number of carbonyl (C=O) groups is 1. The number of nitrogens with one attached hydrogen (secondary N) is 1. The fourth-order valence-electron chi connectivity index (χ4n) is 2.86. The summed E-state index contributed by atoms with van der Waals surface area (Å²) in [6, 6.07) is 18.5. The van der Waals surface area contributed by atoms with E-state index in [0.29, 0.717) is 21.6 Å². The van der Waals surface area contributed by atoms with E-state index in [0.717, 1.165) is 14.3 Å². The summed E-state index contributed by atoms with van der Waals surface area (Å²) in [5.74, 6) is 0.0445. The molecule has 0 aliphatic carbocycles. The number of ether oxygens (including phenoxy) is 1. The molecular weight excluding hydrogens is 548 g/mol. The zero-order valence-corrected chi connectivity index (χ0v) is 20.8. The molecule has 31 heavy (non-hydrogen) atoms. The maximum absolute atomic E-state index is 13.5. The number of rotatable bonds is 7. The molecule has 3 aromatic carbocycles. The van der Waals surface area contributed by atoms with Crippen molar-refractivity contribution in [2.24, 2.45) is 0 Å². The van der Waals surface area contributed by atoms with Gasteiger partial charge in [0.05, 0.1) is 22.2 Å². The van der Waals surface area contributed by atoms with Crippen molar-refractivity contribution in [1.29, 1.82) is 0 Å². The Labute approximate surface area is 198 Å². The van der Waals surface area contributed by atoms with Gasteiger partial charge in [-0.2, -0.15) is 0 Å². The second-order valence-corrected chi connectivity index (χ2v) is 10.3. The molecule has 0 aliphatic heterocycles. The summed E-state index contributed by atoms with van der Waals surface area (Å²) in [7, 11) is -2.53. The Hall–Kier alpha value is -2.36. The number of hydrogen-bond donors (Lipinski definition) is 1. The van der Waals surface area contributed by atoms with Gasteiger partial charge in [0.25, 0.3) is 10.0 Å². The van der Waals surface area contributed by atoms with E-state index in [4.69, 9.17) is 4.74 Å². The Kier molecular flexibility index (Phi) is 7.40. The Morgan fingerprint density at radius 1 is 1.03 bits per heavy atom. The molecule has 162 valence electrons. The molecule has 1 N–H and O–H groups in total. The zero-order chi connectivity index (χ0) is 22.6. The number of halogens is 2. The van der Waals surface area contributed by atoms with Crippen molar-refractivity contribution in [3.8, 4) is 5.75 Å². The highest BCUT2D eigenvalue weighted by Gasteiger charge is 2.28. The minimum Gasteiger partial charge on any atom is -0.496 e. The van der Waals surface area contributed by atoms with Crippen LogP contribution in [0.5, 0.6) is 5.75 Å². The van der Waals surface area contributed by atoms with Crippen LogP contribution in [0, 0.1) is 6.92 Å². The summed E-state index contributed by atoms with van der Waals surface area (Å²) >= 11 is 6.68. The number of anilines is 2. The number of hydrogen-bond acceptors (Lipinski definition) is 4. The Bertz CT molecular complexity index is 1200. The first kappa shape index (κ1) is 23.3. The smallest absolute Gasteiger partial charge is 0.264 e. The normalized spacial score (nSPS) is 11.1. The van der Waals surface area contributed by atoms with Crippen molar-refractivity contribution in [2.75, 3.05) is 23.3 Å². The first-order chi connectivity index (χ1) is 14.7. The van der Waals surface area contributed by atoms with Crippen molar-refractivity contribution < 1.29 is 17.9 Å². The standard InChI is InChI=1S/C22H20Br2N2O4S/c1-15-6-8-18(9-7-15)26(14-22(27)25-17-5-3-4-16(23)12-17)31(28,29)19-10-11-21(30-2)20(24)13-19/h3-13H,14H2,1-2H3,(H,25,27). The first-order valence-electron chi connectivity index (χ1n) is 9.19. The number of benzene rings is 3. The van der Waals surface area contributed by atoms with Gasteiger partial charge in [0.2, 0.25) is 5.91 Å². The topological polar surface area (TPSA) is 75.7 Å². The van der Waals surface area contributed by atoms with Crippen LogP contribution in [0.25, 0.3) is 0 Å². The lowest BCUT2D eigenvalue weighted by molar-refractivity contribution is -0.114. The van der Waals surface area contributed by atoms with E-state index >= 15 is 0 Å². The van der Waals surface area contributed by atoms with Crippen molar-refractivity contribution >= 4 is 59.2 Å². The molecule has 0 spiro atoms. The minimum atomic E-state index is -4.03. The van der Waals surface area contributed by atoms with Crippen LogP contribution in [0.15, 0.2) is 80.6 Å². The molecule has 0 atom stereocenters. The first-order valence-corrected chi connectivity index (χ1v) is 12.2. The molecule has 0 bridgehead atoms. The Morgan fingerprint density at radius 2 is 1.74 bits per heavy atom. The number of sulfonamides is 1. The Balaban J connectivity index is 1.97. The van der Waals surface area contributed by atoms with Gasteiger partial charge in [0.15, 0.2) is 0 Å². The highest BCUT2D eigenvalue weighted by Crippen LogP contribution is 2.31. The molecule has 0 aromatic heterocycles. The average Bonchev–Trinajstić information content (AvgIpc) is 2.72. The summed E-state index contributed by atoms with van der Waals surface area (Å²) in [5.41, 5.74) is 1.93. The summed E-state index contributed by atoms with van der Waals surface area (Å²) in [5, 5.41) is 2.74. The van der Waals surface area contributed by atoms with E-state index in [1.807, 2.05) is 13.0 Å². The van der Waals surface area contributed by atoms with Gasteiger partial charge in [-0.1, -0.05) is 39.7 Å². The Morgan fingerprint density at radius 3 is 2.35 bits per heavy atom. The van der Waals surface area contributed by atoms with E-state index < -0.39 is 15.9 Å². The SMILES string of the molecule is COc1ccc(S(=O)(=O)N(CC(=O)Nc2cccc(Br)c2)c2ccc(C)cc2)cc1Br. The lowest BCUT2D eigenvalue weighted by atomic mass is 10.2. The van der Waals surface area contributed by atoms with Gasteiger partial charge in [0.1, 0.15) is 12.3 Å². The number of carbonyl (C=O) groups excluding carboxylic acids is 1. The fraction of sp³-hybridized carbons (Fsp3) is 0.136. The van der Waals surface area contributed by atoms with E-state index in [9.17, 15) is 13.2 Å². The van der Waals surface area contributed by atoms with E-state index in [2.05, 4.69) is 37.2 Å². The third kappa shape index (κ3) is 5.66. The molecular formula is C22H20Br2N2O4S. The molecule has 3 aromatic rings. The third-order valence-corrected chi connectivity index (χ3v) is 7.31. The average molecular weight is 568 g/mol. The van der Waals surface area contributed by atoms with Crippen LogP contribution < -0.4 is 14.4 Å². The van der Waals surface area contributed by atoms with Crippen LogP contribution in [0.1, 0.15) is 5.56 Å². The molecule has 9 heteroatoms. The molecule has 0 heterocycles. The van der Waals surface area contributed by atoms with Crippen molar-refractivity contribution in [3.05, 3.63) is 81.2 Å². The predicted octanol–water partition coefficient (Wildman–Crippen LogP) is 5.36. The van der Waals surface area contributed by atoms with Gasteiger partial charge in [-0.25, -0.2) is 8.42 Å². The van der Waals surface area contributed by atoms with E-state index in [-0.39, 0.29) is 11.4 Å². The van der Waals surface area contributed by atoms with Gasteiger partial charge in [0, 0.05) is 10.2 Å². The van der Waals surface area contributed by atoms with Gasteiger partial charge >= 0.3 is 0 Å². The molecule has 1 amide bonds. The lowest BCUT2D eigenvalue weighted by Gasteiger charge is -2.24. The van der Waals surface area contributed by atoms with Crippen molar-refractivity contribution in [2.45, 2.75) is 11.8 Å². The second kappa shape index (κ2) is 9.84. The molecule has 0 aliphatic rings. The molecule has 0 unspecified atom stereocenters. The largest absolute Gasteiger partial charge is 0.496 e. The predicted molar refractivity (Wildman–Crippen MR) is 129 cm³/mol. The van der Waals surface area contributed by atoms with Crippen LogP contribution in [0.2, 0.25) is 0 Å². The summed E-state index contributed by atoms with van der Waals surface area (Å²) < 4.78 is 34.6. The molecule has 0 radical (unpaired) electrons. The van der Waals surface area contributed by atoms with Crippen LogP contribution in [0.4, 0.5) is 11.4 Å². The maximum atomic E-state index is 13.5. The summed E-state index contributed by atoms with van der Waals surface area (Å²) in [4.78, 5) is 12.8. The van der Waals surface area contributed by atoms with Crippen LogP contribution in [0.3, 0.4) is 0 Å². The molecule has 3 rings (SSSR count). The monoisotopic (exact) mass is 566 g/mol. The quantitative estimate of drug-likeness (QED) is 0.417. The van der Waals surface area contributed by atoms with Gasteiger partial charge in [-0.15, -0.1) is 0 Å². The fourth-order valence-corrected chi connectivity index (χ4v) is 5.40. The minimum absolute atomic E-state index is 0.0380. The van der Waals surface area contributed by atoms with Gasteiger partial charge in [-0.3, -0.25) is 9.10 Å². The second-order valence-electron chi connectivity index (χ2n) is 6.70. The third-order valence-electron chi connectivity index (χ3n) is 4.43. The summed E-state index contributed by atoms with van der Waals surface area (Å²) in [6.07, 6.45) is 0. The maximum Gasteiger partial charge on any atom is 0.264 e. The lowest BCUT2D eigenvalue weighted by Crippen LogP contribution is -2.38. The van der Waals surface area contributed by atoms with Gasteiger partial charge < -0.3 is 10.1 Å². The molecule has 0 saturated carbocycles.